The Labute approximate surface area is 188 Å². The number of hydrogen-bond donors (Lipinski definition) is 3. The first-order valence-corrected chi connectivity index (χ1v) is 11.3. The standard InChI is InChI=1S/C22H24N4O5S/c1-31-14-6-4-5-12(9-14)19(28)26-22-25-16-10-13(11-17(27)18(16)32-22)20(29)24-15-7-2-3-8-23-21(15)30/h4-6,9,13,15H,2-3,7-8,10-11H2,1H3,(H,23,30)(H,24,29)(H,25,26,28)/t13?,15-/m0/s1. The number of aromatic nitrogens is 1. The highest BCUT2D eigenvalue weighted by Crippen LogP contribution is 2.33. The van der Waals surface area contributed by atoms with E-state index in [0.717, 1.165) is 24.2 Å². The molecule has 1 aromatic carbocycles. The molecule has 1 aliphatic heterocycles. The van der Waals surface area contributed by atoms with Gasteiger partial charge in [0, 0.05) is 24.9 Å². The summed E-state index contributed by atoms with van der Waals surface area (Å²) in [5.41, 5.74) is 0.903. The zero-order chi connectivity index (χ0) is 22.7. The van der Waals surface area contributed by atoms with Crippen LogP contribution in [0.15, 0.2) is 24.3 Å². The number of thiazole rings is 1. The zero-order valence-corrected chi connectivity index (χ0v) is 18.4. The molecule has 1 unspecified atom stereocenters. The Morgan fingerprint density at radius 2 is 2.06 bits per heavy atom. The van der Waals surface area contributed by atoms with Crippen LogP contribution in [0.5, 0.6) is 5.75 Å². The number of rotatable bonds is 5. The van der Waals surface area contributed by atoms with Gasteiger partial charge in [-0.25, -0.2) is 4.98 Å². The molecule has 3 N–H and O–H groups in total. The molecule has 1 aromatic heterocycles. The number of anilines is 1. The molecule has 10 heteroatoms. The van der Waals surface area contributed by atoms with Crippen molar-refractivity contribution in [1.82, 2.24) is 15.6 Å². The van der Waals surface area contributed by atoms with Gasteiger partial charge in [-0.05, 0) is 37.5 Å². The van der Waals surface area contributed by atoms with E-state index in [1.54, 1.807) is 24.3 Å². The van der Waals surface area contributed by atoms with Crippen molar-refractivity contribution < 1.29 is 23.9 Å². The number of ether oxygens (including phenoxy) is 1. The molecular formula is C22H24N4O5S. The Morgan fingerprint density at radius 3 is 2.88 bits per heavy atom. The fourth-order valence-corrected chi connectivity index (χ4v) is 4.81. The third-order valence-electron chi connectivity index (χ3n) is 5.60. The first-order chi connectivity index (χ1) is 15.4. The number of methoxy groups -OCH3 is 1. The lowest BCUT2D eigenvalue weighted by molar-refractivity contribution is -0.131. The molecular weight excluding hydrogens is 432 g/mol. The minimum absolute atomic E-state index is 0.0542. The van der Waals surface area contributed by atoms with Crippen molar-refractivity contribution in [3.05, 3.63) is 40.4 Å². The summed E-state index contributed by atoms with van der Waals surface area (Å²) in [6, 6.07) is 6.14. The molecule has 0 saturated carbocycles. The summed E-state index contributed by atoms with van der Waals surface area (Å²) in [6.45, 7) is 0.611. The normalized spacial score (nSPS) is 20.5. The van der Waals surface area contributed by atoms with Gasteiger partial charge in [0.05, 0.1) is 23.6 Å². The van der Waals surface area contributed by atoms with Crippen LogP contribution in [0.3, 0.4) is 0 Å². The number of Topliss-reactive ketones (excluding diaryl/α,β-unsaturated/α-hetero) is 1. The second-order valence-electron chi connectivity index (χ2n) is 7.86. The highest BCUT2D eigenvalue weighted by atomic mass is 32.1. The summed E-state index contributed by atoms with van der Waals surface area (Å²) >= 11 is 1.11. The van der Waals surface area contributed by atoms with Gasteiger partial charge >= 0.3 is 0 Å². The molecule has 0 radical (unpaired) electrons. The monoisotopic (exact) mass is 456 g/mol. The van der Waals surface area contributed by atoms with Gasteiger partial charge in [0.15, 0.2) is 10.9 Å². The van der Waals surface area contributed by atoms with Crippen molar-refractivity contribution in [3.8, 4) is 5.75 Å². The molecule has 168 valence electrons. The van der Waals surface area contributed by atoms with Crippen molar-refractivity contribution in [2.24, 2.45) is 5.92 Å². The molecule has 3 amide bonds. The number of ketones is 1. The van der Waals surface area contributed by atoms with Gasteiger partial charge in [-0.15, -0.1) is 0 Å². The van der Waals surface area contributed by atoms with Gasteiger partial charge in [-0.3, -0.25) is 24.5 Å². The Morgan fingerprint density at radius 1 is 1.22 bits per heavy atom. The van der Waals surface area contributed by atoms with E-state index in [-0.39, 0.29) is 36.3 Å². The highest BCUT2D eigenvalue weighted by molar-refractivity contribution is 7.17. The molecule has 0 spiro atoms. The average molecular weight is 457 g/mol. The van der Waals surface area contributed by atoms with Gasteiger partial charge < -0.3 is 15.4 Å². The predicted octanol–water partition coefficient (Wildman–Crippen LogP) is 1.93. The number of benzene rings is 1. The Balaban J connectivity index is 1.43. The summed E-state index contributed by atoms with van der Waals surface area (Å²) in [6.07, 6.45) is 2.65. The van der Waals surface area contributed by atoms with Gasteiger partial charge in [-0.2, -0.15) is 0 Å². The topological polar surface area (TPSA) is 126 Å². The molecule has 9 nitrogen and oxygen atoms in total. The van der Waals surface area contributed by atoms with E-state index < -0.39 is 12.0 Å². The first-order valence-electron chi connectivity index (χ1n) is 10.5. The fraction of sp³-hybridized carbons (Fsp3) is 0.409. The van der Waals surface area contributed by atoms with Crippen LogP contribution in [-0.4, -0.2) is 48.2 Å². The number of carbonyl (C=O) groups excluding carboxylic acids is 4. The van der Waals surface area contributed by atoms with Crippen molar-refractivity contribution in [3.63, 3.8) is 0 Å². The number of nitrogens with one attached hydrogen (secondary N) is 3. The van der Waals surface area contributed by atoms with E-state index in [0.29, 0.717) is 40.0 Å². The van der Waals surface area contributed by atoms with Crippen LogP contribution in [0.4, 0.5) is 5.13 Å². The fourth-order valence-electron chi connectivity index (χ4n) is 3.87. The van der Waals surface area contributed by atoms with E-state index in [1.807, 2.05) is 0 Å². The quantitative estimate of drug-likeness (QED) is 0.631. The summed E-state index contributed by atoms with van der Waals surface area (Å²) in [5.74, 6) is -1.08. The van der Waals surface area contributed by atoms with Gasteiger partial charge in [-0.1, -0.05) is 17.4 Å². The van der Waals surface area contributed by atoms with E-state index in [2.05, 4.69) is 20.9 Å². The Hall–Kier alpha value is -3.27. The van der Waals surface area contributed by atoms with Gasteiger partial charge in [0.25, 0.3) is 5.91 Å². The number of amides is 3. The molecule has 1 aliphatic carbocycles. The van der Waals surface area contributed by atoms with Crippen LogP contribution in [-0.2, 0) is 16.0 Å². The van der Waals surface area contributed by atoms with Crippen molar-refractivity contribution in [1.29, 1.82) is 0 Å². The van der Waals surface area contributed by atoms with Crippen molar-refractivity contribution in [2.45, 2.75) is 38.1 Å². The van der Waals surface area contributed by atoms with Crippen molar-refractivity contribution >= 4 is 40.0 Å². The van der Waals surface area contributed by atoms with Crippen LogP contribution < -0.4 is 20.7 Å². The smallest absolute Gasteiger partial charge is 0.257 e. The maximum absolute atomic E-state index is 12.8. The second kappa shape index (κ2) is 9.47. The Kier molecular flexibility index (Phi) is 6.50. The minimum Gasteiger partial charge on any atom is -0.497 e. The molecule has 1 saturated heterocycles. The summed E-state index contributed by atoms with van der Waals surface area (Å²) in [5, 5.41) is 8.60. The third kappa shape index (κ3) is 4.80. The van der Waals surface area contributed by atoms with Crippen LogP contribution in [0.2, 0.25) is 0 Å². The molecule has 1 fully saturated rings. The summed E-state index contributed by atoms with van der Waals surface area (Å²) < 4.78 is 5.14. The Bertz CT molecular complexity index is 1070. The second-order valence-corrected chi connectivity index (χ2v) is 8.86. The van der Waals surface area contributed by atoms with Gasteiger partial charge in [0.1, 0.15) is 11.8 Å². The number of carbonyl (C=O) groups is 4. The minimum atomic E-state index is -0.588. The van der Waals surface area contributed by atoms with Crippen LogP contribution in [0, 0.1) is 5.92 Å². The lowest BCUT2D eigenvalue weighted by atomic mass is 9.89. The summed E-state index contributed by atoms with van der Waals surface area (Å²) in [4.78, 5) is 54.9. The maximum Gasteiger partial charge on any atom is 0.257 e. The third-order valence-corrected chi connectivity index (χ3v) is 6.65. The van der Waals surface area contributed by atoms with E-state index in [4.69, 9.17) is 4.74 Å². The number of fused-ring (bicyclic) bond motifs is 1. The molecule has 2 heterocycles. The highest BCUT2D eigenvalue weighted by Gasteiger charge is 2.35. The lowest BCUT2D eigenvalue weighted by Gasteiger charge is -2.22. The van der Waals surface area contributed by atoms with Crippen LogP contribution >= 0.6 is 11.3 Å². The molecule has 4 rings (SSSR count). The lowest BCUT2D eigenvalue weighted by Crippen LogP contribution is -2.48. The zero-order valence-electron chi connectivity index (χ0n) is 17.6. The van der Waals surface area contributed by atoms with Gasteiger partial charge in [0.2, 0.25) is 11.8 Å². The van der Waals surface area contributed by atoms with E-state index in [9.17, 15) is 19.2 Å². The largest absolute Gasteiger partial charge is 0.497 e. The molecule has 2 atom stereocenters. The maximum atomic E-state index is 12.8. The number of hydrogen-bond acceptors (Lipinski definition) is 7. The molecule has 2 aromatic rings. The van der Waals surface area contributed by atoms with E-state index >= 15 is 0 Å². The van der Waals surface area contributed by atoms with Crippen LogP contribution in [0.1, 0.15) is 51.4 Å². The van der Waals surface area contributed by atoms with Crippen LogP contribution in [0.25, 0.3) is 0 Å². The van der Waals surface area contributed by atoms with Crippen molar-refractivity contribution in [2.75, 3.05) is 19.0 Å². The number of nitrogens with zero attached hydrogens (tertiary/aromatic N) is 1. The summed E-state index contributed by atoms with van der Waals surface area (Å²) in [7, 11) is 1.52. The SMILES string of the molecule is COc1cccc(C(=O)Nc2nc3c(s2)C(=O)CC(C(=O)N[C@H]2CCCCNC2=O)C3)c1. The average Bonchev–Trinajstić information content (AvgIpc) is 3.09. The van der Waals surface area contributed by atoms with E-state index in [1.165, 1.54) is 7.11 Å². The first kappa shape index (κ1) is 21.9. The molecule has 2 aliphatic rings. The molecule has 0 bridgehead atoms. The predicted molar refractivity (Wildman–Crippen MR) is 118 cm³/mol. The molecule has 32 heavy (non-hydrogen) atoms.